The number of rotatable bonds is 5. The molecule has 100 valence electrons. The molecule has 0 aliphatic heterocycles. The Labute approximate surface area is 107 Å². The van der Waals surface area contributed by atoms with Gasteiger partial charge in [0.2, 0.25) is 5.82 Å². The number of aromatic nitrogens is 5. The number of nitrogens with one attached hydrogen (secondary N) is 2. The summed E-state index contributed by atoms with van der Waals surface area (Å²) in [5, 5.41) is 20.3. The average molecular weight is 265 g/mol. The summed E-state index contributed by atoms with van der Waals surface area (Å²) in [6.45, 7) is 1.76. The van der Waals surface area contributed by atoms with Crippen molar-refractivity contribution in [2.75, 3.05) is 12.4 Å². The van der Waals surface area contributed by atoms with E-state index in [1.165, 1.54) is 19.8 Å². The molecule has 2 heterocycles. The summed E-state index contributed by atoms with van der Waals surface area (Å²) in [5.41, 5.74) is -0.323. The van der Waals surface area contributed by atoms with Gasteiger partial charge in [0.25, 0.3) is 5.88 Å². The molecule has 10 nitrogen and oxygen atoms in total. The van der Waals surface area contributed by atoms with Gasteiger partial charge in [-0.05, 0) is 6.92 Å². The van der Waals surface area contributed by atoms with Gasteiger partial charge in [0.05, 0.1) is 18.1 Å². The van der Waals surface area contributed by atoms with Crippen LogP contribution in [0.3, 0.4) is 0 Å². The molecule has 2 aromatic rings. The highest BCUT2D eigenvalue weighted by molar-refractivity contribution is 5.61. The van der Waals surface area contributed by atoms with Crippen LogP contribution in [0.25, 0.3) is 0 Å². The third-order valence-electron chi connectivity index (χ3n) is 2.36. The van der Waals surface area contributed by atoms with Crippen molar-refractivity contribution < 1.29 is 9.66 Å². The average Bonchev–Trinajstić information content (AvgIpc) is 2.92. The standard InChI is InChI=1S/C9H11N7O3/c1-5(7-11-4-13-15-7)14-8-6(16(17)18)9(19-2)12-3-10-8/h3-5H,1-2H3,(H,10,12,14)(H,11,13,15). The van der Waals surface area contributed by atoms with Crippen LogP contribution in [0.15, 0.2) is 12.7 Å². The Balaban J connectivity index is 2.32. The molecule has 0 spiro atoms. The second kappa shape index (κ2) is 5.25. The minimum Gasteiger partial charge on any atom is -0.476 e. The van der Waals surface area contributed by atoms with Crippen LogP contribution in [-0.2, 0) is 0 Å². The molecule has 0 aliphatic rings. The number of methoxy groups -OCH3 is 1. The molecule has 2 rings (SSSR count). The maximum atomic E-state index is 11.0. The number of aromatic amines is 1. The summed E-state index contributed by atoms with van der Waals surface area (Å²) in [4.78, 5) is 21.9. The second-order valence-corrected chi connectivity index (χ2v) is 3.57. The number of hydrogen-bond donors (Lipinski definition) is 2. The Morgan fingerprint density at radius 1 is 1.42 bits per heavy atom. The van der Waals surface area contributed by atoms with Crippen LogP contribution in [0.5, 0.6) is 5.88 Å². The molecule has 0 saturated carbocycles. The second-order valence-electron chi connectivity index (χ2n) is 3.57. The molecule has 0 amide bonds. The van der Waals surface area contributed by atoms with E-state index in [0.29, 0.717) is 5.82 Å². The summed E-state index contributed by atoms with van der Waals surface area (Å²) >= 11 is 0. The zero-order valence-corrected chi connectivity index (χ0v) is 10.2. The Kier molecular flexibility index (Phi) is 3.50. The Bertz CT molecular complexity index is 571. The first-order chi connectivity index (χ1) is 9.13. The highest BCUT2D eigenvalue weighted by Crippen LogP contribution is 2.31. The molecule has 2 N–H and O–H groups in total. The highest BCUT2D eigenvalue weighted by atomic mass is 16.6. The van der Waals surface area contributed by atoms with Gasteiger partial charge in [-0.15, -0.1) is 0 Å². The molecule has 19 heavy (non-hydrogen) atoms. The van der Waals surface area contributed by atoms with Crippen molar-refractivity contribution >= 4 is 11.5 Å². The minimum atomic E-state index is -0.603. The number of H-pyrrole nitrogens is 1. The van der Waals surface area contributed by atoms with Gasteiger partial charge < -0.3 is 10.1 Å². The maximum absolute atomic E-state index is 11.0. The predicted octanol–water partition coefficient (Wildman–Crippen LogP) is 0.685. The van der Waals surface area contributed by atoms with E-state index in [2.05, 4.69) is 30.5 Å². The van der Waals surface area contributed by atoms with Crippen molar-refractivity contribution in [3.63, 3.8) is 0 Å². The number of anilines is 1. The van der Waals surface area contributed by atoms with Crippen LogP contribution >= 0.6 is 0 Å². The van der Waals surface area contributed by atoms with E-state index in [1.807, 2.05) is 0 Å². The molecule has 0 fully saturated rings. The first kappa shape index (κ1) is 12.7. The van der Waals surface area contributed by atoms with Crippen LogP contribution in [0.4, 0.5) is 11.5 Å². The van der Waals surface area contributed by atoms with Gasteiger partial charge in [-0.2, -0.15) is 10.1 Å². The Hall–Kier alpha value is -2.78. The lowest BCUT2D eigenvalue weighted by atomic mass is 10.3. The SMILES string of the molecule is COc1ncnc(NC(C)c2ncn[nH]2)c1[N+](=O)[O-]. The van der Waals surface area contributed by atoms with Gasteiger partial charge in [-0.1, -0.05) is 0 Å². The largest absolute Gasteiger partial charge is 0.476 e. The number of nitrogens with zero attached hydrogens (tertiary/aromatic N) is 5. The summed E-state index contributed by atoms with van der Waals surface area (Å²) in [7, 11) is 1.30. The first-order valence-electron chi connectivity index (χ1n) is 5.28. The number of hydrogen-bond acceptors (Lipinski definition) is 8. The van der Waals surface area contributed by atoms with Gasteiger partial charge in [0.1, 0.15) is 18.5 Å². The van der Waals surface area contributed by atoms with Crippen molar-refractivity contribution in [1.29, 1.82) is 0 Å². The van der Waals surface area contributed by atoms with E-state index >= 15 is 0 Å². The van der Waals surface area contributed by atoms with Gasteiger partial charge in [0.15, 0.2) is 0 Å². The molecule has 2 aromatic heterocycles. The van der Waals surface area contributed by atoms with Crippen LogP contribution in [0.1, 0.15) is 18.8 Å². The molecule has 0 aliphatic carbocycles. The lowest BCUT2D eigenvalue weighted by Gasteiger charge is -2.12. The quantitative estimate of drug-likeness (QED) is 0.595. The third kappa shape index (κ3) is 2.56. The smallest absolute Gasteiger partial charge is 0.372 e. The fourth-order valence-corrected chi connectivity index (χ4v) is 1.48. The molecular formula is C9H11N7O3. The lowest BCUT2D eigenvalue weighted by Crippen LogP contribution is -2.12. The molecular weight excluding hydrogens is 254 g/mol. The summed E-state index contributed by atoms with van der Waals surface area (Å²) in [5.74, 6) is 0.486. The lowest BCUT2D eigenvalue weighted by molar-refractivity contribution is -0.385. The third-order valence-corrected chi connectivity index (χ3v) is 2.36. The fraction of sp³-hybridized carbons (Fsp3) is 0.333. The number of nitro groups is 1. The summed E-state index contributed by atoms with van der Waals surface area (Å²) < 4.78 is 4.85. The van der Waals surface area contributed by atoms with Crippen LogP contribution in [0, 0.1) is 10.1 Å². The molecule has 10 heteroatoms. The van der Waals surface area contributed by atoms with Gasteiger partial charge in [-0.25, -0.2) is 9.97 Å². The topological polar surface area (TPSA) is 132 Å². The monoisotopic (exact) mass is 265 g/mol. The Morgan fingerprint density at radius 3 is 2.79 bits per heavy atom. The van der Waals surface area contributed by atoms with E-state index in [0.717, 1.165) is 0 Å². The van der Waals surface area contributed by atoms with Crippen LogP contribution in [0.2, 0.25) is 0 Å². The van der Waals surface area contributed by atoms with Crippen LogP contribution in [-0.4, -0.2) is 37.2 Å². The van der Waals surface area contributed by atoms with Gasteiger partial charge in [-0.3, -0.25) is 15.2 Å². The zero-order valence-electron chi connectivity index (χ0n) is 10.2. The van der Waals surface area contributed by atoms with E-state index < -0.39 is 4.92 Å². The van der Waals surface area contributed by atoms with Gasteiger partial charge in [0, 0.05) is 0 Å². The summed E-state index contributed by atoms with van der Waals surface area (Å²) in [6, 6.07) is -0.333. The van der Waals surface area contributed by atoms with Crippen molar-refractivity contribution in [3.8, 4) is 5.88 Å². The molecule has 1 atom stereocenters. The van der Waals surface area contributed by atoms with E-state index in [9.17, 15) is 10.1 Å². The minimum absolute atomic E-state index is 0.0563. The van der Waals surface area contributed by atoms with Crippen molar-refractivity contribution in [2.45, 2.75) is 13.0 Å². The molecule has 0 bridgehead atoms. The zero-order chi connectivity index (χ0) is 13.8. The van der Waals surface area contributed by atoms with Crippen molar-refractivity contribution in [3.05, 3.63) is 28.6 Å². The van der Waals surface area contributed by atoms with Crippen molar-refractivity contribution in [1.82, 2.24) is 25.1 Å². The molecule has 1 unspecified atom stereocenters. The highest BCUT2D eigenvalue weighted by Gasteiger charge is 2.25. The van der Waals surface area contributed by atoms with E-state index in [-0.39, 0.29) is 23.4 Å². The molecule has 0 saturated heterocycles. The van der Waals surface area contributed by atoms with E-state index in [4.69, 9.17) is 4.74 Å². The van der Waals surface area contributed by atoms with E-state index in [1.54, 1.807) is 6.92 Å². The maximum Gasteiger partial charge on any atom is 0.372 e. The van der Waals surface area contributed by atoms with Gasteiger partial charge >= 0.3 is 5.69 Å². The first-order valence-corrected chi connectivity index (χ1v) is 5.28. The van der Waals surface area contributed by atoms with Crippen molar-refractivity contribution in [2.24, 2.45) is 0 Å². The fourth-order valence-electron chi connectivity index (χ4n) is 1.48. The molecule has 0 aromatic carbocycles. The normalized spacial score (nSPS) is 11.9. The summed E-state index contributed by atoms with van der Waals surface area (Å²) in [6.07, 6.45) is 2.53. The predicted molar refractivity (Wildman–Crippen MR) is 63.7 cm³/mol. The number of ether oxygens (including phenoxy) is 1. The molecule has 0 radical (unpaired) electrons. The van der Waals surface area contributed by atoms with Crippen LogP contribution < -0.4 is 10.1 Å². The Morgan fingerprint density at radius 2 is 2.21 bits per heavy atom.